The van der Waals surface area contributed by atoms with E-state index in [-0.39, 0.29) is 24.0 Å². The summed E-state index contributed by atoms with van der Waals surface area (Å²) in [6, 6.07) is 0. The zero-order chi connectivity index (χ0) is 12.3. The first-order valence-corrected chi connectivity index (χ1v) is 6.79. The summed E-state index contributed by atoms with van der Waals surface area (Å²) in [5.74, 6) is 2.28. The molecule has 0 saturated carbocycles. The maximum atomic E-state index is 5.90. The molecule has 1 fully saturated rings. The van der Waals surface area contributed by atoms with E-state index in [2.05, 4.69) is 36.1 Å². The van der Waals surface area contributed by atoms with Gasteiger partial charge in [-0.1, -0.05) is 13.8 Å². The molecule has 2 heterocycles. The lowest BCUT2D eigenvalue weighted by Crippen LogP contribution is -2.44. The minimum Gasteiger partial charge on any atom is -0.378 e. The molecule has 0 amide bonds. The summed E-state index contributed by atoms with van der Waals surface area (Å²) >= 11 is 0. The minimum atomic E-state index is 0. The third kappa shape index (κ3) is 3.98. The zero-order valence-corrected chi connectivity index (χ0v) is 14.0. The normalized spacial score (nSPS) is 28.0. The molecular formula is C13H26IN3O. The molecule has 18 heavy (non-hydrogen) atoms. The maximum absolute atomic E-state index is 5.90. The van der Waals surface area contributed by atoms with Crippen molar-refractivity contribution in [2.45, 2.75) is 32.8 Å². The molecule has 2 atom stereocenters. The SMILES string of the molecule is CC(C)C1OCCCC1CNC1=NCCN1C.I. The Hall–Kier alpha value is -0.0400. The van der Waals surface area contributed by atoms with Crippen LogP contribution in [0.15, 0.2) is 4.99 Å². The molecule has 2 aliphatic rings. The highest BCUT2D eigenvalue weighted by Crippen LogP contribution is 2.25. The number of nitrogens with zero attached hydrogens (tertiary/aromatic N) is 2. The van der Waals surface area contributed by atoms with Crippen LogP contribution in [0.1, 0.15) is 26.7 Å². The van der Waals surface area contributed by atoms with Crippen molar-refractivity contribution in [3.63, 3.8) is 0 Å². The fourth-order valence-electron chi connectivity index (χ4n) is 2.77. The third-order valence-corrected chi connectivity index (χ3v) is 3.73. The lowest BCUT2D eigenvalue weighted by Gasteiger charge is -2.35. The molecule has 0 spiro atoms. The van der Waals surface area contributed by atoms with E-state index in [4.69, 9.17) is 4.74 Å². The van der Waals surface area contributed by atoms with Crippen LogP contribution in [0.3, 0.4) is 0 Å². The Balaban J connectivity index is 0.00000162. The van der Waals surface area contributed by atoms with Gasteiger partial charge in [-0.3, -0.25) is 4.99 Å². The van der Waals surface area contributed by atoms with Crippen LogP contribution >= 0.6 is 24.0 Å². The second-order valence-electron chi connectivity index (χ2n) is 5.49. The van der Waals surface area contributed by atoms with Crippen LogP contribution in [0.25, 0.3) is 0 Å². The second kappa shape index (κ2) is 7.53. The molecule has 0 aromatic rings. The molecule has 0 aromatic carbocycles. The van der Waals surface area contributed by atoms with Crippen molar-refractivity contribution >= 4 is 29.9 Å². The van der Waals surface area contributed by atoms with E-state index >= 15 is 0 Å². The first-order chi connectivity index (χ1) is 8.18. The van der Waals surface area contributed by atoms with Crippen molar-refractivity contribution < 1.29 is 4.74 Å². The van der Waals surface area contributed by atoms with Gasteiger partial charge in [0.15, 0.2) is 5.96 Å². The highest BCUT2D eigenvalue weighted by Gasteiger charge is 2.28. The number of hydrogen-bond acceptors (Lipinski definition) is 4. The van der Waals surface area contributed by atoms with E-state index in [1.54, 1.807) is 0 Å². The fourth-order valence-corrected chi connectivity index (χ4v) is 2.77. The monoisotopic (exact) mass is 367 g/mol. The summed E-state index contributed by atoms with van der Waals surface area (Å²) in [5, 5.41) is 3.48. The van der Waals surface area contributed by atoms with Crippen LogP contribution in [0, 0.1) is 11.8 Å². The Labute approximate surface area is 128 Å². The number of likely N-dealkylation sites (N-methyl/N-ethyl adjacent to an activating group) is 1. The third-order valence-electron chi connectivity index (χ3n) is 3.73. The van der Waals surface area contributed by atoms with Crippen molar-refractivity contribution in [2.24, 2.45) is 16.8 Å². The molecule has 106 valence electrons. The number of aliphatic imine (C=N–C) groups is 1. The Bertz CT molecular complexity index is 283. The van der Waals surface area contributed by atoms with Gasteiger partial charge in [-0.05, 0) is 18.8 Å². The standard InChI is InChI=1S/C13H25N3O.HI/c1-10(2)12-11(5-4-8-17-12)9-15-13-14-6-7-16(13)3;/h10-12H,4-9H2,1-3H3,(H,14,15);1H. The largest absolute Gasteiger partial charge is 0.378 e. The molecule has 0 aromatic heterocycles. The van der Waals surface area contributed by atoms with Gasteiger partial charge in [0, 0.05) is 32.7 Å². The van der Waals surface area contributed by atoms with Crippen LogP contribution < -0.4 is 5.32 Å². The Morgan fingerprint density at radius 1 is 1.50 bits per heavy atom. The molecule has 1 saturated heterocycles. The van der Waals surface area contributed by atoms with Gasteiger partial charge in [-0.15, -0.1) is 24.0 Å². The molecule has 2 aliphatic heterocycles. The van der Waals surface area contributed by atoms with Crippen molar-refractivity contribution in [3.8, 4) is 0 Å². The Kier molecular flexibility index (Phi) is 6.70. The highest BCUT2D eigenvalue weighted by molar-refractivity contribution is 14.0. The van der Waals surface area contributed by atoms with E-state index in [9.17, 15) is 0 Å². The molecule has 0 aliphatic carbocycles. The topological polar surface area (TPSA) is 36.9 Å². The van der Waals surface area contributed by atoms with Gasteiger partial charge >= 0.3 is 0 Å². The first-order valence-electron chi connectivity index (χ1n) is 6.79. The second-order valence-corrected chi connectivity index (χ2v) is 5.49. The maximum Gasteiger partial charge on any atom is 0.193 e. The highest BCUT2D eigenvalue weighted by atomic mass is 127. The number of halogens is 1. The summed E-state index contributed by atoms with van der Waals surface area (Å²) in [4.78, 5) is 6.65. The van der Waals surface area contributed by atoms with Gasteiger partial charge in [0.05, 0.1) is 12.6 Å². The van der Waals surface area contributed by atoms with Crippen molar-refractivity contribution in [2.75, 3.05) is 33.3 Å². The van der Waals surface area contributed by atoms with E-state index < -0.39 is 0 Å². The van der Waals surface area contributed by atoms with E-state index in [0.29, 0.717) is 17.9 Å². The van der Waals surface area contributed by atoms with Crippen LogP contribution in [0.2, 0.25) is 0 Å². The van der Waals surface area contributed by atoms with Crippen molar-refractivity contribution in [1.29, 1.82) is 0 Å². The molecule has 2 unspecified atom stereocenters. The van der Waals surface area contributed by atoms with Gasteiger partial charge in [0.25, 0.3) is 0 Å². The van der Waals surface area contributed by atoms with Gasteiger partial charge < -0.3 is 15.0 Å². The summed E-state index contributed by atoms with van der Waals surface area (Å²) in [6.07, 6.45) is 2.87. The molecule has 0 bridgehead atoms. The molecule has 0 radical (unpaired) electrons. The first kappa shape index (κ1) is 16.0. The fraction of sp³-hybridized carbons (Fsp3) is 0.923. The van der Waals surface area contributed by atoms with E-state index in [1.165, 1.54) is 12.8 Å². The van der Waals surface area contributed by atoms with E-state index in [1.807, 2.05) is 0 Å². The average molecular weight is 367 g/mol. The minimum absolute atomic E-state index is 0. The van der Waals surface area contributed by atoms with E-state index in [0.717, 1.165) is 32.2 Å². The predicted molar refractivity (Wildman–Crippen MR) is 85.7 cm³/mol. The van der Waals surface area contributed by atoms with Crippen LogP contribution in [-0.2, 0) is 4.74 Å². The Morgan fingerprint density at radius 3 is 2.89 bits per heavy atom. The summed E-state index contributed by atoms with van der Waals surface area (Å²) in [5.41, 5.74) is 0. The van der Waals surface area contributed by atoms with Gasteiger partial charge in [0.1, 0.15) is 0 Å². The number of guanidine groups is 1. The summed E-state index contributed by atoms with van der Waals surface area (Å²) in [6.45, 7) is 8.39. The predicted octanol–water partition coefficient (Wildman–Crippen LogP) is 1.95. The van der Waals surface area contributed by atoms with Gasteiger partial charge in [-0.2, -0.15) is 0 Å². The lowest BCUT2D eigenvalue weighted by atomic mass is 9.87. The lowest BCUT2D eigenvalue weighted by molar-refractivity contribution is -0.0505. The van der Waals surface area contributed by atoms with Gasteiger partial charge in [-0.25, -0.2) is 0 Å². The molecule has 2 rings (SSSR count). The number of rotatable bonds is 3. The molecule has 4 nitrogen and oxygen atoms in total. The number of nitrogens with one attached hydrogen (secondary N) is 1. The van der Waals surface area contributed by atoms with Gasteiger partial charge in [0.2, 0.25) is 0 Å². The van der Waals surface area contributed by atoms with Crippen molar-refractivity contribution in [3.05, 3.63) is 0 Å². The Morgan fingerprint density at radius 2 is 2.28 bits per heavy atom. The smallest absolute Gasteiger partial charge is 0.193 e. The molecular weight excluding hydrogens is 341 g/mol. The zero-order valence-electron chi connectivity index (χ0n) is 11.7. The molecule has 5 heteroatoms. The molecule has 1 N–H and O–H groups in total. The average Bonchev–Trinajstić information content (AvgIpc) is 2.72. The number of hydrogen-bond donors (Lipinski definition) is 1. The summed E-state index contributed by atoms with van der Waals surface area (Å²) < 4.78 is 5.90. The van der Waals surface area contributed by atoms with Crippen LogP contribution in [0.4, 0.5) is 0 Å². The quantitative estimate of drug-likeness (QED) is 0.775. The van der Waals surface area contributed by atoms with Crippen LogP contribution in [0.5, 0.6) is 0 Å². The van der Waals surface area contributed by atoms with Crippen LogP contribution in [-0.4, -0.2) is 50.3 Å². The summed E-state index contributed by atoms with van der Waals surface area (Å²) in [7, 11) is 2.09. The van der Waals surface area contributed by atoms with Crippen molar-refractivity contribution in [1.82, 2.24) is 10.2 Å². The number of ether oxygens (including phenoxy) is 1.